The lowest BCUT2D eigenvalue weighted by atomic mass is 10.1. The molecule has 0 aromatic heterocycles. The van der Waals surface area contributed by atoms with Crippen molar-refractivity contribution in [3.05, 3.63) is 63.5 Å². The van der Waals surface area contributed by atoms with Crippen molar-refractivity contribution in [2.45, 2.75) is 6.18 Å². The lowest BCUT2D eigenvalue weighted by Crippen LogP contribution is -2.28. The molecule has 0 bridgehead atoms. The number of benzene rings is 2. The second-order valence-corrected chi connectivity index (χ2v) is 6.67. The van der Waals surface area contributed by atoms with Crippen LogP contribution < -0.4 is 4.90 Å². The van der Waals surface area contributed by atoms with Crippen LogP contribution in [0.1, 0.15) is 11.1 Å². The summed E-state index contributed by atoms with van der Waals surface area (Å²) in [4.78, 5) is 25.4. The van der Waals surface area contributed by atoms with E-state index >= 15 is 0 Å². The van der Waals surface area contributed by atoms with E-state index in [0.717, 1.165) is 6.07 Å². The van der Waals surface area contributed by atoms with Crippen LogP contribution in [0.3, 0.4) is 0 Å². The Balaban J connectivity index is 1.96. The maximum atomic E-state index is 13.0. The van der Waals surface area contributed by atoms with E-state index in [2.05, 4.69) is 0 Å². The average Bonchev–Trinajstić information content (AvgIpc) is 2.83. The largest absolute Gasteiger partial charge is 0.508 e. The quantitative estimate of drug-likeness (QED) is 0.696. The number of hydrogen-bond donors (Lipinski definition) is 1. The Labute approximate surface area is 154 Å². The Hall–Kier alpha value is -2.45. The van der Waals surface area contributed by atoms with Gasteiger partial charge in [-0.2, -0.15) is 13.2 Å². The third kappa shape index (κ3) is 3.56. The Bertz CT molecular complexity index is 926. The summed E-state index contributed by atoms with van der Waals surface area (Å²) in [6.45, 7) is 0. The fourth-order valence-corrected chi connectivity index (χ4v) is 3.35. The number of phenols is 1. The molecule has 4 nitrogen and oxygen atoms in total. The first-order valence-electron chi connectivity index (χ1n) is 7.10. The molecule has 3 rings (SSSR count). The number of alkyl halides is 3. The van der Waals surface area contributed by atoms with Crippen molar-refractivity contribution in [3.63, 3.8) is 0 Å². The van der Waals surface area contributed by atoms with Gasteiger partial charge in [0.15, 0.2) is 0 Å². The fraction of sp³-hybridized carbons (Fsp3) is 0.0588. The van der Waals surface area contributed by atoms with Crippen LogP contribution in [0, 0.1) is 0 Å². The number of imide groups is 1. The zero-order valence-electron chi connectivity index (χ0n) is 12.7. The molecule has 0 spiro atoms. The van der Waals surface area contributed by atoms with Crippen molar-refractivity contribution in [3.8, 4) is 5.75 Å². The predicted molar refractivity (Wildman–Crippen MR) is 93.0 cm³/mol. The van der Waals surface area contributed by atoms with Gasteiger partial charge in [-0.3, -0.25) is 9.59 Å². The monoisotopic (exact) mass is 399 g/mol. The minimum atomic E-state index is -4.71. The number of thioether (sulfide) groups is 1. The second kappa shape index (κ2) is 6.69. The summed E-state index contributed by atoms with van der Waals surface area (Å²) in [7, 11) is 0. The Morgan fingerprint density at radius 2 is 1.73 bits per heavy atom. The number of aromatic hydroxyl groups is 1. The van der Waals surface area contributed by atoms with Crippen LogP contribution in [0.4, 0.5) is 23.7 Å². The summed E-state index contributed by atoms with van der Waals surface area (Å²) >= 11 is 6.18. The van der Waals surface area contributed by atoms with Crippen LogP contribution in [0.5, 0.6) is 5.75 Å². The summed E-state index contributed by atoms with van der Waals surface area (Å²) in [5.74, 6) is -0.695. The van der Waals surface area contributed by atoms with E-state index in [1.807, 2.05) is 0 Å². The molecule has 2 aromatic rings. The van der Waals surface area contributed by atoms with Gasteiger partial charge in [0, 0.05) is 0 Å². The molecule has 1 fully saturated rings. The SMILES string of the molecule is O=C1S/C(=C\c2ccc(O)cc2)C(=O)N1c1ccc(Cl)c(C(F)(F)F)c1. The van der Waals surface area contributed by atoms with Crippen LogP contribution in [0.15, 0.2) is 47.4 Å². The molecular weight excluding hydrogens is 391 g/mol. The standard InChI is InChI=1S/C17H9ClF3NO3S/c18-13-6-3-10(8-12(13)17(19,20)21)22-15(24)14(26-16(22)25)7-9-1-4-11(23)5-2-9/h1-8,23H/b14-7-. The molecule has 0 atom stereocenters. The van der Waals surface area contributed by atoms with E-state index in [-0.39, 0.29) is 16.3 Å². The summed E-state index contributed by atoms with van der Waals surface area (Å²) in [6, 6.07) is 8.72. The smallest absolute Gasteiger partial charge is 0.417 e. The number of carbonyl (C=O) groups is 2. The van der Waals surface area contributed by atoms with Gasteiger partial charge in [-0.15, -0.1) is 0 Å². The minimum Gasteiger partial charge on any atom is -0.508 e. The fourth-order valence-electron chi connectivity index (χ4n) is 2.28. The van der Waals surface area contributed by atoms with Gasteiger partial charge in [-0.25, -0.2) is 4.90 Å². The van der Waals surface area contributed by atoms with Crippen molar-refractivity contribution >= 4 is 46.3 Å². The zero-order valence-corrected chi connectivity index (χ0v) is 14.3. The first kappa shape index (κ1) is 18.3. The third-order valence-electron chi connectivity index (χ3n) is 3.50. The van der Waals surface area contributed by atoms with Crippen molar-refractivity contribution < 1.29 is 27.9 Å². The van der Waals surface area contributed by atoms with Crippen molar-refractivity contribution in [2.24, 2.45) is 0 Å². The van der Waals surface area contributed by atoms with Crippen LogP contribution in [0.2, 0.25) is 5.02 Å². The molecule has 134 valence electrons. The molecule has 0 radical (unpaired) electrons. The van der Waals surface area contributed by atoms with Crippen LogP contribution >= 0.6 is 23.4 Å². The Morgan fingerprint density at radius 3 is 2.35 bits per heavy atom. The van der Waals surface area contributed by atoms with Crippen LogP contribution in [0.25, 0.3) is 6.08 Å². The molecule has 1 saturated heterocycles. The molecule has 1 aliphatic heterocycles. The second-order valence-electron chi connectivity index (χ2n) is 5.27. The number of halogens is 4. The molecule has 1 N–H and O–H groups in total. The normalized spacial score (nSPS) is 16.6. The first-order valence-corrected chi connectivity index (χ1v) is 8.30. The van der Waals surface area contributed by atoms with Crippen molar-refractivity contribution in [1.29, 1.82) is 0 Å². The van der Waals surface area contributed by atoms with Gasteiger partial charge in [-0.1, -0.05) is 23.7 Å². The van der Waals surface area contributed by atoms with Gasteiger partial charge in [0.05, 0.1) is 21.2 Å². The molecular formula is C17H9ClF3NO3S. The summed E-state index contributed by atoms with van der Waals surface area (Å²) in [5, 5.41) is 8.03. The maximum absolute atomic E-state index is 13.0. The number of hydrogen-bond acceptors (Lipinski definition) is 4. The van der Waals surface area contributed by atoms with Gasteiger partial charge in [0.25, 0.3) is 11.1 Å². The summed E-state index contributed by atoms with van der Waals surface area (Å²) in [5.41, 5.74) is -0.781. The lowest BCUT2D eigenvalue weighted by molar-refractivity contribution is -0.137. The first-order chi connectivity index (χ1) is 12.2. The highest BCUT2D eigenvalue weighted by Gasteiger charge is 2.39. The number of amides is 2. The molecule has 26 heavy (non-hydrogen) atoms. The van der Waals surface area contributed by atoms with E-state index in [9.17, 15) is 27.9 Å². The zero-order chi connectivity index (χ0) is 19.1. The van der Waals surface area contributed by atoms with E-state index in [0.29, 0.717) is 28.3 Å². The highest BCUT2D eigenvalue weighted by atomic mass is 35.5. The van der Waals surface area contributed by atoms with Gasteiger partial charge in [0.2, 0.25) is 0 Å². The molecule has 2 aromatic carbocycles. The van der Waals surface area contributed by atoms with E-state index in [1.165, 1.54) is 36.4 Å². The highest BCUT2D eigenvalue weighted by Crippen LogP contribution is 2.40. The summed E-state index contributed by atoms with van der Waals surface area (Å²) in [6.07, 6.45) is -3.29. The maximum Gasteiger partial charge on any atom is 0.417 e. The van der Waals surface area contributed by atoms with Gasteiger partial charge >= 0.3 is 6.18 Å². The number of carbonyl (C=O) groups excluding carboxylic acids is 2. The number of rotatable bonds is 2. The minimum absolute atomic E-state index is 0.0381. The van der Waals surface area contributed by atoms with Gasteiger partial charge in [-0.05, 0) is 53.7 Å². The molecule has 1 aliphatic rings. The van der Waals surface area contributed by atoms with Gasteiger partial charge < -0.3 is 5.11 Å². The predicted octanol–water partition coefficient (Wildman–Crippen LogP) is 5.31. The lowest BCUT2D eigenvalue weighted by Gasteiger charge is -2.16. The highest BCUT2D eigenvalue weighted by molar-refractivity contribution is 8.19. The van der Waals surface area contributed by atoms with E-state index in [1.54, 1.807) is 0 Å². The van der Waals surface area contributed by atoms with Crippen molar-refractivity contribution in [2.75, 3.05) is 4.90 Å². The Kier molecular flexibility index (Phi) is 4.72. The number of phenolic OH excluding ortho intramolecular Hbond substituents is 1. The number of nitrogens with zero attached hydrogens (tertiary/aromatic N) is 1. The van der Waals surface area contributed by atoms with Crippen LogP contribution in [-0.2, 0) is 11.0 Å². The number of anilines is 1. The molecule has 0 saturated carbocycles. The molecule has 0 aliphatic carbocycles. The summed E-state index contributed by atoms with van der Waals surface area (Å²) < 4.78 is 39.0. The molecule has 2 amide bonds. The van der Waals surface area contributed by atoms with E-state index < -0.39 is 27.9 Å². The molecule has 9 heteroatoms. The molecule has 0 unspecified atom stereocenters. The van der Waals surface area contributed by atoms with Crippen LogP contribution in [-0.4, -0.2) is 16.3 Å². The van der Waals surface area contributed by atoms with Crippen molar-refractivity contribution in [1.82, 2.24) is 0 Å². The Morgan fingerprint density at radius 1 is 1.08 bits per heavy atom. The third-order valence-corrected chi connectivity index (χ3v) is 4.70. The topological polar surface area (TPSA) is 57.6 Å². The average molecular weight is 400 g/mol. The van der Waals surface area contributed by atoms with E-state index in [4.69, 9.17) is 11.6 Å². The molecule has 1 heterocycles. The van der Waals surface area contributed by atoms with Gasteiger partial charge in [0.1, 0.15) is 5.75 Å².